The van der Waals surface area contributed by atoms with Crippen molar-refractivity contribution in [3.63, 3.8) is 0 Å². The van der Waals surface area contributed by atoms with Gasteiger partial charge in [-0.05, 0) is 42.0 Å². The second-order valence-electron chi connectivity index (χ2n) is 5.05. The first-order chi connectivity index (χ1) is 11.8. The van der Waals surface area contributed by atoms with Crippen molar-refractivity contribution < 1.29 is 9.53 Å². The standard InChI is InChI=1S/C17H16Cl3N3O2/c1-12(24)22-16(17(18,19)20)25-15-9-7-13(8-10-15)11-21-23-14-5-3-2-4-6-14/h2-11,16,23H,1H3,(H,22,24)/t16-/m1/s1. The van der Waals surface area contributed by atoms with E-state index in [0.29, 0.717) is 5.75 Å². The lowest BCUT2D eigenvalue weighted by Gasteiger charge is -2.25. The van der Waals surface area contributed by atoms with Gasteiger partial charge in [-0.1, -0.05) is 53.0 Å². The highest BCUT2D eigenvalue weighted by atomic mass is 35.6. The summed E-state index contributed by atoms with van der Waals surface area (Å²) < 4.78 is 3.73. The number of anilines is 1. The zero-order valence-electron chi connectivity index (χ0n) is 13.2. The maximum absolute atomic E-state index is 11.2. The van der Waals surface area contributed by atoms with Gasteiger partial charge >= 0.3 is 0 Å². The lowest BCUT2D eigenvalue weighted by atomic mass is 10.2. The quantitative estimate of drug-likeness (QED) is 0.328. The molecule has 2 N–H and O–H groups in total. The maximum Gasteiger partial charge on any atom is 0.246 e. The molecular formula is C17H16Cl3N3O2. The van der Waals surface area contributed by atoms with Crippen molar-refractivity contribution in [2.45, 2.75) is 16.9 Å². The van der Waals surface area contributed by atoms with Crippen molar-refractivity contribution in [1.82, 2.24) is 5.32 Å². The second kappa shape index (κ2) is 8.94. The van der Waals surface area contributed by atoms with Gasteiger partial charge in [0.15, 0.2) is 0 Å². The first-order valence-electron chi connectivity index (χ1n) is 7.29. The molecule has 5 nitrogen and oxygen atoms in total. The Morgan fingerprint density at radius 3 is 2.32 bits per heavy atom. The first kappa shape index (κ1) is 19.4. The molecule has 1 atom stereocenters. The Bertz CT molecular complexity index is 716. The van der Waals surface area contributed by atoms with Crippen LogP contribution in [0.15, 0.2) is 59.7 Å². The summed E-state index contributed by atoms with van der Waals surface area (Å²) in [5.41, 5.74) is 4.66. The van der Waals surface area contributed by atoms with E-state index in [1.165, 1.54) is 6.92 Å². The number of rotatable bonds is 6. The van der Waals surface area contributed by atoms with Gasteiger partial charge in [0.2, 0.25) is 15.9 Å². The normalized spacial score (nSPS) is 12.6. The van der Waals surface area contributed by atoms with Gasteiger partial charge in [0.1, 0.15) is 5.75 Å². The second-order valence-corrected chi connectivity index (χ2v) is 7.41. The molecule has 0 spiro atoms. The maximum atomic E-state index is 11.2. The fraction of sp³-hybridized carbons (Fsp3) is 0.176. The van der Waals surface area contributed by atoms with Crippen molar-refractivity contribution in [3.8, 4) is 5.75 Å². The highest BCUT2D eigenvalue weighted by molar-refractivity contribution is 6.68. The highest BCUT2D eigenvalue weighted by Crippen LogP contribution is 2.31. The molecule has 0 heterocycles. The average molecular weight is 401 g/mol. The van der Waals surface area contributed by atoms with Crippen LogP contribution in [-0.2, 0) is 4.79 Å². The highest BCUT2D eigenvalue weighted by Gasteiger charge is 2.35. The van der Waals surface area contributed by atoms with Gasteiger partial charge in [-0.3, -0.25) is 10.2 Å². The van der Waals surface area contributed by atoms with Crippen molar-refractivity contribution in [3.05, 3.63) is 60.2 Å². The fourth-order valence-corrected chi connectivity index (χ4v) is 2.12. The van der Waals surface area contributed by atoms with Crippen LogP contribution in [0.3, 0.4) is 0 Å². The summed E-state index contributed by atoms with van der Waals surface area (Å²) >= 11 is 17.4. The van der Waals surface area contributed by atoms with Crippen LogP contribution >= 0.6 is 34.8 Å². The van der Waals surface area contributed by atoms with Gasteiger partial charge < -0.3 is 10.1 Å². The van der Waals surface area contributed by atoms with Gasteiger partial charge in [-0.15, -0.1) is 0 Å². The van der Waals surface area contributed by atoms with E-state index in [1.54, 1.807) is 30.5 Å². The Morgan fingerprint density at radius 2 is 1.76 bits per heavy atom. The third kappa shape index (κ3) is 6.82. The number of nitrogens with one attached hydrogen (secondary N) is 2. The molecule has 25 heavy (non-hydrogen) atoms. The number of carbonyl (C=O) groups excluding carboxylic acids is 1. The number of para-hydroxylation sites is 1. The number of hydrogen-bond donors (Lipinski definition) is 2. The van der Waals surface area contributed by atoms with E-state index >= 15 is 0 Å². The zero-order chi connectivity index (χ0) is 18.3. The Kier molecular flexibility index (Phi) is 6.93. The van der Waals surface area contributed by atoms with Crippen LogP contribution in [0.1, 0.15) is 12.5 Å². The van der Waals surface area contributed by atoms with Crippen molar-refractivity contribution in [1.29, 1.82) is 0 Å². The van der Waals surface area contributed by atoms with Crippen LogP contribution in [0.5, 0.6) is 5.75 Å². The predicted octanol–water partition coefficient (Wildman–Crippen LogP) is 4.34. The summed E-state index contributed by atoms with van der Waals surface area (Å²) in [6.45, 7) is 1.31. The molecule has 8 heteroatoms. The van der Waals surface area contributed by atoms with Crippen LogP contribution in [0.25, 0.3) is 0 Å². The number of alkyl halides is 3. The molecule has 132 valence electrons. The minimum absolute atomic E-state index is 0.368. The number of carbonyl (C=O) groups is 1. The van der Waals surface area contributed by atoms with E-state index in [4.69, 9.17) is 39.5 Å². The Balaban J connectivity index is 1.97. The van der Waals surface area contributed by atoms with Crippen LogP contribution in [0.2, 0.25) is 0 Å². The van der Waals surface area contributed by atoms with E-state index in [1.807, 2.05) is 30.3 Å². The molecule has 0 saturated carbocycles. The summed E-state index contributed by atoms with van der Waals surface area (Å²) in [6, 6.07) is 16.5. The molecule has 0 radical (unpaired) electrons. The molecule has 0 unspecified atom stereocenters. The van der Waals surface area contributed by atoms with Crippen molar-refractivity contribution in [2.75, 3.05) is 5.43 Å². The molecule has 0 fully saturated rings. The predicted molar refractivity (Wildman–Crippen MR) is 103 cm³/mol. The SMILES string of the molecule is CC(=O)N[C@H](Oc1ccc(C=NNc2ccccc2)cc1)C(Cl)(Cl)Cl. The number of hydrazone groups is 1. The van der Waals surface area contributed by atoms with Crippen molar-refractivity contribution >= 4 is 52.6 Å². The van der Waals surface area contributed by atoms with E-state index < -0.39 is 10.0 Å². The smallest absolute Gasteiger partial charge is 0.246 e. The van der Waals surface area contributed by atoms with E-state index in [-0.39, 0.29) is 5.91 Å². The molecule has 0 aliphatic rings. The monoisotopic (exact) mass is 399 g/mol. The third-order valence-electron chi connectivity index (χ3n) is 2.95. The van der Waals surface area contributed by atoms with E-state index in [9.17, 15) is 4.79 Å². The fourth-order valence-electron chi connectivity index (χ4n) is 1.83. The molecule has 2 rings (SSSR count). The number of hydrogen-bond acceptors (Lipinski definition) is 4. The molecule has 0 saturated heterocycles. The van der Waals surface area contributed by atoms with E-state index in [0.717, 1.165) is 11.3 Å². The summed E-state index contributed by atoms with van der Waals surface area (Å²) in [5, 5.41) is 6.59. The summed E-state index contributed by atoms with van der Waals surface area (Å²) in [5.74, 6) is 0.0744. The lowest BCUT2D eigenvalue weighted by Crippen LogP contribution is -2.47. The summed E-state index contributed by atoms with van der Waals surface area (Å²) in [6.07, 6.45) is 0.561. The van der Waals surface area contributed by atoms with E-state index in [2.05, 4.69) is 15.8 Å². The van der Waals surface area contributed by atoms with Crippen LogP contribution in [0.4, 0.5) is 5.69 Å². The van der Waals surface area contributed by atoms with Crippen LogP contribution < -0.4 is 15.5 Å². The van der Waals surface area contributed by atoms with Gasteiger partial charge in [-0.2, -0.15) is 5.10 Å². The Labute approximate surface area is 160 Å². The molecule has 0 aliphatic carbocycles. The molecule has 2 aromatic rings. The number of amides is 1. The van der Waals surface area contributed by atoms with Gasteiger partial charge in [0, 0.05) is 6.92 Å². The molecule has 2 aromatic carbocycles. The molecular weight excluding hydrogens is 385 g/mol. The number of ether oxygens (including phenoxy) is 1. The largest absolute Gasteiger partial charge is 0.466 e. The minimum Gasteiger partial charge on any atom is -0.466 e. The van der Waals surface area contributed by atoms with Crippen molar-refractivity contribution in [2.24, 2.45) is 5.10 Å². The molecule has 0 bridgehead atoms. The summed E-state index contributed by atoms with van der Waals surface area (Å²) in [7, 11) is 0. The lowest BCUT2D eigenvalue weighted by molar-refractivity contribution is -0.121. The number of benzene rings is 2. The number of nitrogens with zero attached hydrogens (tertiary/aromatic N) is 1. The average Bonchev–Trinajstić information content (AvgIpc) is 2.55. The zero-order valence-corrected chi connectivity index (χ0v) is 15.5. The molecule has 1 amide bonds. The summed E-state index contributed by atoms with van der Waals surface area (Å²) in [4.78, 5) is 11.2. The Hall–Kier alpha value is -1.95. The van der Waals surface area contributed by atoms with Gasteiger partial charge in [-0.25, -0.2) is 0 Å². The third-order valence-corrected chi connectivity index (χ3v) is 3.54. The molecule has 0 aromatic heterocycles. The van der Waals surface area contributed by atoms with Gasteiger partial charge in [0.25, 0.3) is 0 Å². The molecule has 0 aliphatic heterocycles. The number of halogens is 3. The van der Waals surface area contributed by atoms with Crippen LogP contribution in [0, 0.1) is 0 Å². The van der Waals surface area contributed by atoms with Gasteiger partial charge in [0.05, 0.1) is 11.9 Å². The first-order valence-corrected chi connectivity index (χ1v) is 8.42. The minimum atomic E-state index is -1.80. The van der Waals surface area contributed by atoms with Crippen LogP contribution in [-0.4, -0.2) is 22.1 Å². The Morgan fingerprint density at radius 1 is 1.12 bits per heavy atom. The topological polar surface area (TPSA) is 62.7 Å².